The van der Waals surface area contributed by atoms with Crippen molar-refractivity contribution in [2.75, 3.05) is 13.2 Å². The summed E-state index contributed by atoms with van der Waals surface area (Å²) >= 11 is 0. The van der Waals surface area contributed by atoms with Gasteiger partial charge in [0.2, 0.25) is 0 Å². The normalized spacial score (nSPS) is 13.0. The van der Waals surface area contributed by atoms with Gasteiger partial charge in [0.15, 0.2) is 6.10 Å². The first-order valence-corrected chi connectivity index (χ1v) is 26.4. The van der Waals surface area contributed by atoms with Crippen LogP contribution in [0.25, 0.3) is 0 Å². The lowest BCUT2D eigenvalue weighted by Gasteiger charge is -2.18. The van der Waals surface area contributed by atoms with E-state index in [0.29, 0.717) is 19.3 Å². The molecule has 0 rings (SSSR count). The lowest BCUT2D eigenvalue weighted by molar-refractivity contribution is -0.167. The second-order valence-electron chi connectivity index (χ2n) is 17.1. The van der Waals surface area contributed by atoms with E-state index in [9.17, 15) is 14.4 Å². The van der Waals surface area contributed by atoms with Gasteiger partial charge in [0, 0.05) is 19.3 Å². The molecule has 0 aromatic carbocycles. The molecule has 6 heteroatoms. The van der Waals surface area contributed by atoms with Gasteiger partial charge in [-0.3, -0.25) is 14.4 Å². The summed E-state index contributed by atoms with van der Waals surface area (Å²) in [5.74, 6) is -0.996. The Hall–Kier alpha value is -3.93. The van der Waals surface area contributed by atoms with E-state index < -0.39 is 6.10 Å². The van der Waals surface area contributed by atoms with Crippen LogP contribution in [-0.2, 0) is 28.6 Å². The van der Waals surface area contributed by atoms with E-state index in [1.54, 1.807) is 0 Å². The third-order valence-corrected chi connectivity index (χ3v) is 10.8. The molecule has 0 heterocycles. The molecule has 0 aliphatic carbocycles. The number of allylic oxidation sites excluding steroid dienone is 18. The highest BCUT2D eigenvalue weighted by Crippen LogP contribution is 2.13. The molecule has 1 unspecified atom stereocenters. The fraction of sp³-hybridized carbons (Fsp3) is 0.644. The Morgan fingerprint density at radius 1 is 0.338 bits per heavy atom. The summed E-state index contributed by atoms with van der Waals surface area (Å²) in [6.45, 7) is 6.38. The maximum atomic E-state index is 12.8. The first kappa shape index (κ1) is 61.1. The standard InChI is InChI=1S/C59H96O6/c1-4-7-10-13-16-19-22-25-28-29-32-34-37-40-43-46-49-52-58(61)64-55-56(65-59(62)53-50-47-44-41-38-35-31-27-24-21-18-15-12-9-6-3)54-63-57(60)51-48-45-42-39-36-33-30-26-23-20-17-14-11-8-5-2/h7,10,16-21,23-28,32,34,40,43,56H,4-6,8-9,11-15,22,29-31,33,35-39,41-42,44-55H2,1-3H3/b10-7-,19-16-,20-17-,21-18-,26-23-,27-24-,28-25-,34-32-,43-40-. The van der Waals surface area contributed by atoms with Crippen molar-refractivity contribution in [2.45, 2.75) is 232 Å². The van der Waals surface area contributed by atoms with Gasteiger partial charge in [-0.15, -0.1) is 0 Å². The lowest BCUT2D eigenvalue weighted by Crippen LogP contribution is -2.30. The molecular formula is C59H96O6. The summed E-state index contributed by atoms with van der Waals surface area (Å²) < 4.78 is 16.7. The smallest absolute Gasteiger partial charge is 0.306 e. The molecule has 0 fully saturated rings. The Balaban J connectivity index is 4.54. The molecule has 6 nitrogen and oxygen atoms in total. The first-order chi connectivity index (χ1) is 32.0. The monoisotopic (exact) mass is 901 g/mol. The van der Waals surface area contributed by atoms with Crippen molar-refractivity contribution >= 4 is 17.9 Å². The topological polar surface area (TPSA) is 78.9 Å². The molecule has 0 bridgehead atoms. The number of carbonyl (C=O) groups excluding carboxylic acids is 3. The molecular weight excluding hydrogens is 805 g/mol. The third kappa shape index (κ3) is 50.9. The molecule has 0 radical (unpaired) electrons. The van der Waals surface area contributed by atoms with Gasteiger partial charge in [-0.05, 0) is 109 Å². The summed E-state index contributed by atoms with van der Waals surface area (Å²) in [6.07, 6.45) is 70.7. The van der Waals surface area contributed by atoms with E-state index in [4.69, 9.17) is 14.2 Å². The minimum atomic E-state index is -0.814. The molecule has 0 N–H and O–H groups in total. The van der Waals surface area contributed by atoms with Crippen molar-refractivity contribution < 1.29 is 28.6 Å². The molecule has 1 atom stereocenters. The Morgan fingerprint density at radius 2 is 0.662 bits per heavy atom. The number of esters is 3. The van der Waals surface area contributed by atoms with E-state index in [2.05, 4.69) is 130 Å². The second kappa shape index (κ2) is 52.7. The van der Waals surface area contributed by atoms with Crippen LogP contribution in [0.15, 0.2) is 109 Å². The average molecular weight is 901 g/mol. The molecule has 0 aromatic rings. The lowest BCUT2D eigenvalue weighted by atomic mass is 10.1. The van der Waals surface area contributed by atoms with Crippen molar-refractivity contribution in [3.8, 4) is 0 Å². The van der Waals surface area contributed by atoms with Crippen LogP contribution in [0.3, 0.4) is 0 Å². The van der Waals surface area contributed by atoms with E-state index in [1.165, 1.54) is 70.6 Å². The molecule has 0 aromatic heterocycles. The van der Waals surface area contributed by atoms with Gasteiger partial charge in [0.1, 0.15) is 13.2 Å². The van der Waals surface area contributed by atoms with Crippen molar-refractivity contribution in [2.24, 2.45) is 0 Å². The Labute approximate surface area is 400 Å². The van der Waals surface area contributed by atoms with Crippen LogP contribution in [0.2, 0.25) is 0 Å². The minimum Gasteiger partial charge on any atom is -0.462 e. The van der Waals surface area contributed by atoms with Crippen molar-refractivity contribution in [1.82, 2.24) is 0 Å². The zero-order valence-electron chi connectivity index (χ0n) is 42.0. The molecule has 0 saturated carbocycles. The summed E-state index contributed by atoms with van der Waals surface area (Å²) in [6, 6.07) is 0. The Kier molecular flexibility index (Phi) is 49.5. The highest BCUT2D eigenvalue weighted by atomic mass is 16.6. The van der Waals surface area contributed by atoms with Crippen molar-refractivity contribution in [3.05, 3.63) is 109 Å². The van der Waals surface area contributed by atoms with E-state index in [0.717, 1.165) is 109 Å². The number of unbranched alkanes of at least 4 members (excludes halogenated alkanes) is 19. The molecule has 0 aliphatic rings. The summed E-state index contributed by atoms with van der Waals surface area (Å²) in [5.41, 5.74) is 0. The first-order valence-electron chi connectivity index (χ1n) is 26.4. The number of hydrogen-bond donors (Lipinski definition) is 0. The Morgan fingerprint density at radius 3 is 1.08 bits per heavy atom. The number of ether oxygens (including phenoxy) is 3. The van der Waals surface area contributed by atoms with Gasteiger partial charge in [-0.2, -0.15) is 0 Å². The van der Waals surface area contributed by atoms with Gasteiger partial charge in [-0.1, -0.05) is 207 Å². The van der Waals surface area contributed by atoms with Crippen molar-refractivity contribution in [1.29, 1.82) is 0 Å². The Bertz CT molecular complexity index is 1360. The van der Waals surface area contributed by atoms with Gasteiger partial charge in [0.05, 0.1) is 0 Å². The predicted octanol–water partition coefficient (Wildman–Crippen LogP) is 17.5. The van der Waals surface area contributed by atoms with Crippen LogP contribution in [0, 0.1) is 0 Å². The highest BCUT2D eigenvalue weighted by Gasteiger charge is 2.19. The van der Waals surface area contributed by atoms with Crippen molar-refractivity contribution in [3.63, 3.8) is 0 Å². The van der Waals surface area contributed by atoms with Crippen LogP contribution in [-0.4, -0.2) is 37.2 Å². The molecule has 0 saturated heterocycles. The highest BCUT2D eigenvalue weighted by molar-refractivity contribution is 5.71. The van der Waals surface area contributed by atoms with Gasteiger partial charge in [0.25, 0.3) is 0 Å². The minimum absolute atomic E-state index is 0.109. The summed E-state index contributed by atoms with van der Waals surface area (Å²) in [5, 5.41) is 0. The molecule has 0 aliphatic heterocycles. The largest absolute Gasteiger partial charge is 0.462 e. The average Bonchev–Trinajstić information content (AvgIpc) is 3.30. The summed E-state index contributed by atoms with van der Waals surface area (Å²) in [4.78, 5) is 38.0. The SMILES string of the molecule is CC/C=C\C/C=C\C/C=C\C/C=C\C/C=C\CCCC(=O)OCC(COC(=O)CCCCCCCC/C=C\C=C/CCCCC)OC(=O)CCCCCCCC/C=C\C=C/CCCCC. The fourth-order valence-corrected chi connectivity index (χ4v) is 6.81. The van der Waals surface area contributed by atoms with E-state index in [-0.39, 0.29) is 37.5 Å². The zero-order chi connectivity index (χ0) is 47.2. The fourth-order valence-electron chi connectivity index (χ4n) is 6.81. The van der Waals surface area contributed by atoms with E-state index in [1.807, 2.05) is 0 Å². The van der Waals surface area contributed by atoms with Crippen LogP contribution in [0.5, 0.6) is 0 Å². The molecule has 0 spiro atoms. The number of carbonyl (C=O) groups is 3. The zero-order valence-corrected chi connectivity index (χ0v) is 42.0. The molecule has 368 valence electrons. The second-order valence-corrected chi connectivity index (χ2v) is 17.1. The maximum Gasteiger partial charge on any atom is 0.306 e. The third-order valence-electron chi connectivity index (χ3n) is 10.8. The summed E-state index contributed by atoms with van der Waals surface area (Å²) in [7, 11) is 0. The van der Waals surface area contributed by atoms with Gasteiger partial charge in [-0.25, -0.2) is 0 Å². The maximum absolute atomic E-state index is 12.8. The predicted molar refractivity (Wildman–Crippen MR) is 279 cm³/mol. The van der Waals surface area contributed by atoms with Crippen LogP contribution < -0.4 is 0 Å². The van der Waals surface area contributed by atoms with E-state index >= 15 is 0 Å². The molecule has 0 amide bonds. The number of rotatable bonds is 46. The van der Waals surface area contributed by atoms with Gasteiger partial charge < -0.3 is 14.2 Å². The van der Waals surface area contributed by atoms with Crippen LogP contribution in [0.1, 0.15) is 226 Å². The quantitative estimate of drug-likeness (QED) is 0.0199. The van der Waals surface area contributed by atoms with Gasteiger partial charge >= 0.3 is 17.9 Å². The van der Waals surface area contributed by atoms with Crippen LogP contribution >= 0.6 is 0 Å². The number of hydrogen-bond acceptors (Lipinski definition) is 6. The molecule has 65 heavy (non-hydrogen) atoms. The van der Waals surface area contributed by atoms with Crippen LogP contribution in [0.4, 0.5) is 0 Å².